The molecule has 1 aromatic carbocycles. The van der Waals surface area contributed by atoms with Crippen molar-refractivity contribution in [2.45, 2.75) is 32.9 Å². The standard InChI is InChI=1S/C18H16F3NO5/c1-18(2,3)27-14(23)8-22-7-10(4-11(16(22)24)17(25)26)9-5-12(19)15(21)13(20)6-9/h4-7H,8H2,1-3H3,(H,25,26). The van der Waals surface area contributed by atoms with Crippen molar-refractivity contribution in [1.29, 1.82) is 0 Å². The number of esters is 1. The summed E-state index contributed by atoms with van der Waals surface area (Å²) in [5.74, 6) is -7.05. The van der Waals surface area contributed by atoms with Crippen molar-refractivity contribution in [3.8, 4) is 11.1 Å². The molecule has 2 rings (SSSR count). The molecule has 0 fully saturated rings. The van der Waals surface area contributed by atoms with Gasteiger partial charge in [0.25, 0.3) is 5.56 Å². The Hall–Kier alpha value is -3.10. The molecule has 0 aliphatic rings. The van der Waals surface area contributed by atoms with Crippen LogP contribution in [0.25, 0.3) is 11.1 Å². The highest BCUT2D eigenvalue weighted by Gasteiger charge is 2.21. The summed E-state index contributed by atoms with van der Waals surface area (Å²) in [6.45, 7) is 4.21. The normalized spacial score (nSPS) is 11.3. The topological polar surface area (TPSA) is 85.6 Å². The fourth-order valence-electron chi connectivity index (χ4n) is 2.30. The zero-order valence-corrected chi connectivity index (χ0v) is 14.7. The molecule has 0 saturated carbocycles. The third-order valence-electron chi connectivity index (χ3n) is 3.35. The van der Waals surface area contributed by atoms with Crippen molar-refractivity contribution < 1.29 is 32.6 Å². The minimum absolute atomic E-state index is 0.0895. The number of carboxylic acids is 1. The van der Waals surface area contributed by atoms with E-state index in [2.05, 4.69) is 0 Å². The minimum Gasteiger partial charge on any atom is -0.477 e. The molecule has 0 bridgehead atoms. The number of rotatable bonds is 4. The fourth-order valence-corrected chi connectivity index (χ4v) is 2.30. The molecule has 2 aromatic rings. The lowest BCUT2D eigenvalue weighted by atomic mass is 10.0. The Kier molecular flexibility index (Phi) is 5.43. The summed E-state index contributed by atoms with van der Waals surface area (Å²) < 4.78 is 46.0. The van der Waals surface area contributed by atoms with E-state index in [1.165, 1.54) is 0 Å². The number of benzene rings is 1. The predicted molar refractivity (Wildman–Crippen MR) is 88.8 cm³/mol. The van der Waals surface area contributed by atoms with Gasteiger partial charge in [-0.3, -0.25) is 9.59 Å². The van der Waals surface area contributed by atoms with Crippen LogP contribution in [0.1, 0.15) is 31.1 Å². The highest BCUT2D eigenvalue weighted by Crippen LogP contribution is 2.24. The van der Waals surface area contributed by atoms with E-state index < -0.39 is 52.7 Å². The average Bonchev–Trinajstić information content (AvgIpc) is 2.51. The van der Waals surface area contributed by atoms with Crippen LogP contribution in [0.15, 0.2) is 29.2 Å². The molecule has 9 heteroatoms. The summed E-state index contributed by atoms with van der Waals surface area (Å²) in [5, 5.41) is 9.20. The largest absolute Gasteiger partial charge is 0.477 e. The molecule has 144 valence electrons. The van der Waals surface area contributed by atoms with E-state index in [0.29, 0.717) is 12.1 Å². The summed E-state index contributed by atoms with van der Waals surface area (Å²) in [4.78, 5) is 35.5. The molecule has 0 aliphatic heterocycles. The SMILES string of the molecule is CC(C)(C)OC(=O)Cn1cc(-c2cc(F)c(F)c(F)c2)cc(C(=O)O)c1=O. The highest BCUT2D eigenvalue weighted by atomic mass is 19.2. The number of ether oxygens (including phenoxy) is 1. The lowest BCUT2D eigenvalue weighted by Gasteiger charge is -2.20. The Morgan fingerprint density at radius 2 is 1.63 bits per heavy atom. The first-order chi connectivity index (χ1) is 12.4. The lowest BCUT2D eigenvalue weighted by Crippen LogP contribution is -2.32. The number of hydrogen-bond donors (Lipinski definition) is 1. The number of carboxylic acid groups (broad SMARTS) is 1. The Bertz CT molecular complexity index is 953. The van der Waals surface area contributed by atoms with Gasteiger partial charge in [0.05, 0.1) is 0 Å². The molecule has 0 amide bonds. The Balaban J connectivity index is 2.57. The monoisotopic (exact) mass is 383 g/mol. The zero-order valence-electron chi connectivity index (χ0n) is 14.7. The number of hydrogen-bond acceptors (Lipinski definition) is 4. The van der Waals surface area contributed by atoms with Gasteiger partial charge in [0.1, 0.15) is 17.7 Å². The van der Waals surface area contributed by atoms with Gasteiger partial charge in [-0.1, -0.05) is 0 Å². The van der Waals surface area contributed by atoms with Crippen LogP contribution in [0.4, 0.5) is 13.2 Å². The van der Waals surface area contributed by atoms with Crippen LogP contribution in [0.3, 0.4) is 0 Å². The van der Waals surface area contributed by atoms with E-state index in [0.717, 1.165) is 16.8 Å². The second kappa shape index (κ2) is 7.26. The van der Waals surface area contributed by atoms with Crippen LogP contribution < -0.4 is 5.56 Å². The van der Waals surface area contributed by atoms with Crippen LogP contribution in [-0.2, 0) is 16.1 Å². The number of nitrogens with zero attached hydrogens (tertiary/aromatic N) is 1. The van der Waals surface area contributed by atoms with Crippen LogP contribution in [-0.4, -0.2) is 27.2 Å². The maximum Gasteiger partial charge on any atom is 0.341 e. The molecule has 0 aliphatic carbocycles. The molecule has 0 saturated heterocycles. The Morgan fingerprint density at radius 3 is 2.11 bits per heavy atom. The average molecular weight is 383 g/mol. The van der Waals surface area contributed by atoms with E-state index >= 15 is 0 Å². The molecule has 1 aromatic heterocycles. The first kappa shape index (κ1) is 20.2. The maximum atomic E-state index is 13.5. The third kappa shape index (κ3) is 4.75. The van der Waals surface area contributed by atoms with E-state index in [-0.39, 0.29) is 11.1 Å². The molecule has 1 N–H and O–H groups in total. The summed E-state index contributed by atoms with van der Waals surface area (Å²) in [5.41, 5.74) is -2.85. The smallest absolute Gasteiger partial charge is 0.341 e. The van der Waals surface area contributed by atoms with Gasteiger partial charge in [-0.2, -0.15) is 0 Å². The quantitative estimate of drug-likeness (QED) is 0.648. The van der Waals surface area contributed by atoms with E-state index in [9.17, 15) is 32.7 Å². The summed E-state index contributed by atoms with van der Waals surface area (Å²) in [7, 11) is 0. The predicted octanol–water partition coefficient (Wildman–Crippen LogP) is 2.97. The third-order valence-corrected chi connectivity index (χ3v) is 3.35. The van der Waals surface area contributed by atoms with Crippen LogP contribution >= 0.6 is 0 Å². The van der Waals surface area contributed by atoms with Crippen molar-refractivity contribution >= 4 is 11.9 Å². The van der Waals surface area contributed by atoms with E-state index in [1.807, 2.05) is 0 Å². The number of carbonyl (C=O) groups is 2. The van der Waals surface area contributed by atoms with Gasteiger partial charge in [0.2, 0.25) is 0 Å². The molecular weight excluding hydrogens is 367 g/mol. The second-order valence-corrected chi connectivity index (χ2v) is 6.72. The van der Waals surface area contributed by atoms with Crippen LogP contribution in [0.5, 0.6) is 0 Å². The van der Waals surface area contributed by atoms with Gasteiger partial charge in [-0.05, 0) is 50.1 Å². The summed E-state index contributed by atoms with van der Waals surface area (Å²) in [6.07, 6.45) is 1.05. The summed E-state index contributed by atoms with van der Waals surface area (Å²) in [6, 6.07) is 2.20. The van der Waals surface area contributed by atoms with Gasteiger partial charge >= 0.3 is 11.9 Å². The zero-order chi connectivity index (χ0) is 20.5. The van der Waals surface area contributed by atoms with Gasteiger partial charge in [0.15, 0.2) is 17.5 Å². The molecular formula is C18H16F3NO5. The number of halogens is 3. The van der Waals surface area contributed by atoms with Gasteiger partial charge in [0, 0.05) is 6.20 Å². The summed E-state index contributed by atoms with van der Waals surface area (Å²) >= 11 is 0. The van der Waals surface area contributed by atoms with Crippen LogP contribution in [0.2, 0.25) is 0 Å². The van der Waals surface area contributed by atoms with Gasteiger partial charge in [-0.15, -0.1) is 0 Å². The number of aromatic carboxylic acids is 1. The first-order valence-electron chi connectivity index (χ1n) is 7.73. The highest BCUT2D eigenvalue weighted by molar-refractivity contribution is 5.89. The van der Waals surface area contributed by atoms with E-state index in [1.54, 1.807) is 20.8 Å². The molecule has 0 spiro atoms. The molecule has 6 nitrogen and oxygen atoms in total. The van der Waals surface area contributed by atoms with Crippen molar-refractivity contribution in [1.82, 2.24) is 4.57 Å². The molecule has 0 unspecified atom stereocenters. The Labute approximate surface area is 151 Å². The fraction of sp³-hybridized carbons (Fsp3) is 0.278. The van der Waals surface area contributed by atoms with Gasteiger partial charge < -0.3 is 14.4 Å². The van der Waals surface area contributed by atoms with Crippen molar-refractivity contribution in [3.63, 3.8) is 0 Å². The van der Waals surface area contributed by atoms with Crippen molar-refractivity contribution in [3.05, 3.63) is 57.8 Å². The number of aromatic nitrogens is 1. The van der Waals surface area contributed by atoms with Gasteiger partial charge in [-0.25, -0.2) is 18.0 Å². The molecule has 0 radical (unpaired) electrons. The van der Waals surface area contributed by atoms with Crippen molar-refractivity contribution in [2.24, 2.45) is 0 Å². The number of carbonyl (C=O) groups excluding carboxylic acids is 1. The van der Waals surface area contributed by atoms with Crippen molar-refractivity contribution in [2.75, 3.05) is 0 Å². The minimum atomic E-state index is -1.68. The number of pyridine rings is 1. The molecule has 27 heavy (non-hydrogen) atoms. The lowest BCUT2D eigenvalue weighted by molar-refractivity contribution is -0.155. The molecule has 0 atom stereocenters. The first-order valence-corrected chi connectivity index (χ1v) is 7.73. The maximum absolute atomic E-state index is 13.5. The second-order valence-electron chi connectivity index (χ2n) is 6.72. The molecule has 1 heterocycles. The Morgan fingerprint density at radius 1 is 1.07 bits per heavy atom. The van der Waals surface area contributed by atoms with E-state index in [4.69, 9.17) is 4.74 Å². The van der Waals surface area contributed by atoms with Crippen LogP contribution in [0, 0.1) is 17.5 Å².